The van der Waals surface area contributed by atoms with Crippen LogP contribution >= 0.6 is 22.9 Å². The van der Waals surface area contributed by atoms with Gasteiger partial charge in [-0.2, -0.15) is 0 Å². The maximum atomic E-state index is 12.7. The molecule has 0 fully saturated rings. The number of hydrogen-bond donors (Lipinski definition) is 4. The molecule has 0 spiro atoms. The van der Waals surface area contributed by atoms with Crippen molar-refractivity contribution in [1.29, 1.82) is 0 Å². The van der Waals surface area contributed by atoms with Gasteiger partial charge in [0.2, 0.25) is 17.7 Å². The summed E-state index contributed by atoms with van der Waals surface area (Å²) >= 11 is 2.05. The number of halogens is 1. The highest BCUT2D eigenvalue weighted by Gasteiger charge is 2.28. The van der Waals surface area contributed by atoms with Crippen molar-refractivity contribution in [3.8, 4) is 0 Å². The fraction of sp³-hybridized carbons (Fsp3) is 0.409. The predicted molar refractivity (Wildman–Crippen MR) is 131 cm³/mol. The van der Waals surface area contributed by atoms with Crippen molar-refractivity contribution in [2.75, 3.05) is 11.9 Å². The van der Waals surface area contributed by atoms with E-state index in [4.69, 9.17) is 0 Å². The van der Waals surface area contributed by atoms with Gasteiger partial charge in [-0.3, -0.25) is 32.4 Å². The molecule has 0 bridgehead atoms. The molecular formula is C22H28IN5O5. The maximum Gasteiger partial charge on any atom is 0.253 e. The first-order valence-corrected chi connectivity index (χ1v) is 11.6. The first-order chi connectivity index (χ1) is 15.6. The van der Waals surface area contributed by atoms with Gasteiger partial charge in [-0.1, -0.05) is 26.0 Å². The second-order valence-electron chi connectivity index (χ2n) is 7.93. The molecule has 0 aromatic heterocycles. The third-order valence-electron chi connectivity index (χ3n) is 4.97. The SMILES string of the molecule is CC(C)[C@H](NC(=O)CCN1C(=O)C=CC1=O)C(=O)N[C@@H](C)C(=O)Nc1ccc(CNI)cc1. The summed E-state index contributed by atoms with van der Waals surface area (Å²) in [5.74, 6) is -2.56. The number of benzene rings is 1. The largest absolute Gasteiger partial charge is 0.344 e. The van der Waals surface area contributed by atoms with Crippen molar-refractivity contribution in [1.82, 2.24) is 19.1 Å². The molecule has 0 unspecified atom stereocenters. The zero-order valence-corrected chi connectivity index (χ0v) is 20.8. The van der Waals surface area contributed by atoms with E-state index >= 15 is 0 Å². The summed E-state index contributed by atoms with van der Waals surface area (Å²) in [6, 6.07) is 5.60. The summed E-state index contributed by atoms with van der Waals surface area (Å²) in [5, 5.41) is 7.99. The minimum atomic E-state index is -0.879. The molecule has 11 heteroatoms. The standard InChI is InChI=1S/C22H28IN5O5/c1-13(2)20(27-17(29)10-11-28-18(30)8-9-19(28)31)22(33)25-14(3)21(32)26-16-6-4-15(5-7-16)12-24-23/h4-9,13-14,20,24H,10-12H2,1-3H3,(H,25,33)(H,26,32)(H,27,29)/t14-,20-/m0/s1. The highest BCUT2D eigenvalue weighted by atomic mass is 127. The summed E-state index contributed by atoms with van der Waals surface area (Å²) in [7, 11) is 0. The molecule has 2 atom stereocenters. The van der Waals surface area contributed by atoms with Crippen LogP contribution in [0.3, 0.4) is 0 Å². The smallest absolute Gasteiger partial charge is 0.253 e. The average Bonchev–Trinajstić information content (AvgIpc) is 3.08. The van der Waals surface area contributed by atoms with Crippen LogP contribution in [0.4, 0.5) is 5.69 Å². The lowest BCUT2D eigenvalue weighted by Crippen LogP contribution is -2.54. The highest BCUT2D eigenvalue weighted by molar-refractivity contribution is 14.1. The number of carbonyl (C=O) groups is 5. The lowest BCUT2D eigenvalue weighted by Gasteiger charge is -2.24. The van der Waals surface area contributed by atoms with Crippen LogP contribution in [0.5, 0.6) is 0 Å². The quantitative estimate of drug-likeness (QED) is 0.179. The second kappa shape index (κ2) is 12.4. The number of nitrogens with zero attached hydrogens (tertiary/aromatic N) is 1. The van der Waals surface area contributed by atoms with E-state index in [0.29, 0.717) is 12.2 Å². The molecule has 0 radical (unpaired) electrons. The second-order valence-corrected chi connectivity index (χ2v) is 8.69. The van der Waals surface area contributed by atoms with Crippen molar-refractivity contribution < 1.29 is 24.0 Å². The Morgan fingerprint density at radius 2 is 1.55 bits per heavy atom. The van der Waals surface area contributed by atoms with Crippen molar-refractivity contribution in [2.24, 2.45) is 5.92 Å². The molecule has 1 heterocycles. The van der Waals surface area contributed by atoms with Crippen LogP contribution in [-0.4, -0.2) is 53.1 Å². The number of imide groups is 1. The molecule has 1 aliphatic rings. The minimum Gasteiger partial charge on any atom is -0.344 e. The Balaban J connectivity index is 1.87. The van der Waals surface area contributed by atoms with E-state index in [1.54, 1.807) is 32.9 Å². The molecule has 0 saturated heterocycles. The van der Waals surface area contributed by atoms with Crippen molar-refractivity contribution in [3.63, 3.8) is 0 Å². The molecule has 5 amide bonds. The Hall–Kier alpha value is -2.80. The molecule has 33 heavy (non-hydrogen) atoms. The molecule has 0 saturated carbocycles. The molecule has 4 N–H and O–H groups in total. The first kappa shape index (κ1) is 26.5. The van der Waals surface area contributed by atoms with Crippen molar-refractivity contribution in [3.05, 3.63) is 42.0 Å². The molecule has 1 aliphatic heterocycles. The lowest BCUT2D eigenvalue weighted by molar-refractivity contribution is -0.137. The molecule has 1 aromatic rings. The third kappa shape index (κ3) is 7.93. The third-order valence-corrected chi connectivity index (χ3v) is 5.35. The average molecular weight is 569 g/mol. The minimum absolute atomic E-state index is 0.0750. The van der Waals surface area contributed by atoms with Crippen LogP contribution in [0.25, 0.3) is 0 Å². The van der Waals surface area contributed by atoms with E-state index in [1.807, 2.05) is 12.1 Å². The fourth-order valence-electron chi connectivity index (χ4n) is 3.05. The highest BCUT2D eigenvalue weighted by Crippen LogP contribution is 2.11. The summed E-state index contributed by atoms with van der Waals surface area (Å²) in [5.41, 5.74) is 1.67. The maximum absolute atomic E-state index is 12.7. The van der Waals surface area contributed by atoms with E-state index in [9.17, 15) is 24.0 Å². The Labute approximate surface area is 206 Å². The van der Waals surface area contributed by atoms with Gasteiger partial charge in [0.05, 0.1) is 0 Å². The van der Waals surface area contributed by atoms with Crippen molar-refractivity contribution >= 4 is 58.1 Å². The summed E-state index contributed by atoms with van der Waals surface area (Å²) in [6.07, 6.45) is 2.16. The number of hydrogen-bond acceptors (Lipinski definition) is 6. The molecule has 0 aliphatic carbocycles. The Kier molecular flexibility index (Phi) is 9.97. The summed E-state index contributed by atoms with van der Waals surface area (Å²) in [4.78, 5) is 61.6. The van der Waals surface area contributed by atoms with Gasteiger partial charge in [-0.15, -0.1) is 0 Å². The number of nitrogens with one attached hydrogen (secondary N) is 4. The lowest BCUT2D eigenvalue weighted by atomic mass is 10.0. The zero-order chi connectivity index (χ0) is 24.5. The van der Waals surface area contributed by atoms with Crippen LogP contribution < -0.4 is 19.5 Å². The number of carbonyl (C=O) groups excluding carboxylic acids is 5. The van der Waals surface area contributed by atoms with Gasteiger partial charge in [0, 0.05) is 60.2 Å². The normalized spacial score (nSPS) is 14.9. The Morgan fingerprint density at radius 3 is 2.09 bits per heavy atom. The van der Waals surface area contributed by atoms with Gasteiger partial charge in [0.1, 0.15) is 12.1 Å². The van der Waals surface area contributed by atoms with Crippen LogP contribution in [-0.2, 0) is 30.5 Å². The van der Waals surface area contributed by atoms with E-state index in [0.717, 1.165) is 22.6 Å². The molecule has 10 nitrogen and oxygen atoms in total. The zero-order valence-electron chi connectivity index (χ0n) is 18.7. The molecule has 1 aromatic carbocycles. The predicted octanol–water partition coefficient (Wildman–Crippen LogP) is 1.03. The van der Waals surface area contributed by atoms with Gasteiger partial charge in [-0.25, -0.2) is 0 Å². The Bertz CT molecular complexity index is 914. The van der Waals surface area contributed by atoms with Gasteiger partial charge in [0.15, 0.2) is 0 Å². The Morgan fingerprint density at radius 1 is 0.939 bits per heavy atom. The topological polar surface area (TPSA) is 137 Å². The van der Waals surface area contributed by atoms with Gasteiger partial charge in [-0.05, 0) is 30.5 Å². The fourth-order valence-corrected chi connectivity index (χ4v) is 3.49. The summed E-state index contributed by atoms with van der Waals surface area (Å²) in [6.45, 7) is 5.70. The number of rotatable bonds is 11. The molecule has 2 rings (SSSR count). The van der Waals surface area contributed by atoms with E-state index in [-0.39, 0.29) is 18.9 Å². The molecule has 178 valence electrons. The number of anilines is 1. The van der Waals surface area contributed by atoms with Crippen LogP contribution in [0.2, 0.25) is 0 Å². The van der Waals surface area contributed by atoms with Gasteiger partial charge >= 0.3 is 0 Å². The monoisotopic (exact) mass is 569 g/mol. The summed E-state index contributed by atoms with van der Waals surface area (Å²) < 4.78 is 3.01. The molecular weight excluding hydrogens is 541 g/mol. The van der Waals surface area contributed by atoms with Crippen LogP contribution in [0.15, 0.2) is 36.4 Å². The van der Waals surface area contributed by atoms with E-state index in [1.165, 1.54) is 0 Å². The van der Waals surface area contributed by atoms with Crippen molar-refractivity contribution in [2.45, 2.75) is 45.8 Å². The first-order valence-electron chi connectivity index (χ1n) is 10.5. The van der Waals surface area contributed by atoms with Gasteiger partial charge in [0.25, 0.3) is 11.8 Å². The van der Waals surface area contributed by atoms with Crippen LogP contribution in [0, 0.1) is 5.92 Å². The van der Waals surface area contributed by atoms with Gasteiger partial charge < -0.3 is 16.0 Å². The van der Waals surface area contributed by atoms with E-state index < -0.39 is 41.6 Å². The van der Waals surface area contributed by atoms with E-state index in [2.05, 4.69) is 42.3 Å². The number of amides is 5. The van der Waals surface area contributed by atoms with Crippen LogP contribution in [0.1, 0.15) is 32.8 Å².